The zero-order valence-electron chi connectivity index (χ0n) is 12.1. The Balaban J connectivity index is 1.64. The third kappa shape index (κ3) is 4.75. The number of rotatable bonds is 7. The summed E-state index contributed by atoms with van der Waals surface area (Å²) in [5, 5.41) is 0. The molecule has 1 unspecified atom stereocenters. The van der Waals surface area contributed by atoms with Crippen molar-refractivity contribution >= 4 is 11.9 Å². The normalized spacial score (nSPS) is 11.7. The van der Waals surface area contributed by atoms with Gasteiger partial charge in [0.25, 0.3) is 0 Å². The summed E-state index contributed by atoms with van der Waals surface area (Å²) in [5.41, 5.74) is 0.472. The smallest absolute Gasteiger partial charge is 0.376 e. The molecule has 0 N–H and O–H groups in total. The number of benzene rings is 1. The molecule has 0 spiro atoms. The van der Waals surface area contributed by atoms with E-state index in [9.17, 15) is 9.59 Å². The predicted molar refractivity (Wildman–Crippen MR) is 76.3 cm³/mol. The Hall–Kier alpha value is -2.60. The van der Waals surface area contributed by atoms with Crippen LogP contribution < -0.4 is 0 Å². The summed E-state index contributed by atoms with van der Waals surface area (Å²) in [6.45, 7) is 1.75. The number of hydrogen-bond donors (Lipinski definition) is 0. The maximum atomic E-state index is 11.6. The van der Waals surface area contributed by atoms with E-state index < -0.39 is 18.2 Å². The van der Waals surface area contributed by atoms with Gasteiger partial charge in [-0.2, -0.15) is 0 Å². The second-order valence-electron chi connectivity index (χ2n) is 4.32. The van der Waals surface area contributed by atoms with Gasteiger partial charge in [0.1, 0.15) is 6.61 Å². The molecule has 0 saturated carbocycles. The van der Waals surface area contributed by atoms with Crippen LogP contribution in [0.2, 0.25) is 0 Å². The Morgan fingerprint density at radius 1 is 1.05 bits per heavy atom. The number of carbonyl (C=O) groups excluding carboxylic acids is 2. The summed E-state index contributed by atoms with van der Waals surface area (Å²) in [6, 6.07) is 11.7. The first kappa shape index (κ1) is 15.8. The number of hydrogen-bond acceptors (Lipinski definition) is 6. The highest BCUT2D eigenvalue weighted by Gasteiger charge is 2.14. The van der Waals surface area contributed by atoms with Crippen LogP contribution in [0.5, 0.6) is 0 Å². The fourth-order valence-corrected chi connectivity index (χ4v) is 1.64. The lowest BCUT2D eigenvalue weighted by Crippen LogP contribution is -2.21. The summed E-state index contributed by atoms with van der Waals surface area (Å²) in [5.74, 6) is -0.936. The third-order valence-corrected chi connectivity index (χ3v) is 2.67. The summed E-state index contributed by atoms with van der Waals surface area (Å²) in [7, 11) is 0. The molecule has 1 atom stereocenters. The van der Waals surface area contributed by atoms with Crippen LogP contribution >= 0.6 is 0 Å². The molecule has 6 heteroatoms. The van der Waals surface area contributed by atoms with Crippen molar-refractivity contribution in [2.24, 2.45) is 0 Å². The van der Waals surface area contributed by atoms with E-state index in [1.54, 1.807) is 37.3 Å². The Morgan fingerprint density at radius 2 is 1.82 bits per heavy atom. The molecule has 0 saturated heterocycles. The molecule has 6 nitrogen and oxygen atoms in total. The summed E-state index contributed by atoms with van der Waals surface area (Å²) in [4.78, 5) is 23.2. The maximum absolute atomic E-state index is 11.6. The molecule has 0 bridgehead atoms. The van der Waals surface area contributed by atoms with Gasteiger partial charge in [-0.15, -0.1) is 0 Å². The van der Waals surface area contributed by atoms with Crippen molar-refractivity contribution in [3.63, 3.8) is 0 Å². The second-order valence-corrected chi connectivity index (χ2v) is 4.32. The first-order chi connectivity index (χ1) is 10.7. The number of ether oxygens (including phenoxy) is 3. The van der Waals surface area contributed by atoms with Crippen molar-refractivity contribution in [1.29, 1.82) is 0 Å². The van der Waals surface area contributed by atoms with Crippen LogP contribution in [0, 0.1) is 0 Å². The van der Waals surface area contributed by atoms with Crippen molar-refractivity contribution in [3.8, 4) is 0 Å². The number of esters is 2. The van der Waals surface area contributed by atoms with Gasteiger partial charge < -0.3 is 18.6 Å². The molecule has 2 rings (SSSR count). The van der Waals surface area contributed by atoms with Crippen LogP contribution in [-0.2, 0) is 14.2 Å². The first-order valence-corrected chi connectivity index (χ1v) is 6.75. The third-order valence-electron chi connectivity index (χ3n) is 2.67. The van der Waals surface area contributed by atoms with Gasteiger partial charge in [-0.3, -0.25) is 0 Å². The molecule has 1 heterocycles. The van der Waals surface area contributed by atoms with E-state index in [-0.39, 0.29) is 19.0 Å². The molecule has 116 valence electrons. The van der Waals surface area contributed by atoms with E-state index in [1.165, 1.54) is 12.3 Å². The minimum absolute atomic E-state index is 0.0658. The van der Waals surface area contributed by atoms with Crippen molar-refractivity contribution < 1.29 is 28.2 Å². The fourth-order valence-electron chi connectivity index (χ4n) is 1.64. The minimum atomic E-state index is -0.770. The second kappa shape index (κ2) is 7.99. The van der Waals surface area contributed by atoms with E-state index in [1.807, 2.05) is 6.07 Å². The topological polar surface area (TPSA) is 75.0 Å². The SMILES string of the molecule is CC(OCCOC(=O)c1ccccc1)OC(=O)c1ccco1. The van der Waals surface area contributed by atoms with Gasteiger partial charge in [0.05, 0.1) is 18.4 Å². The molecule has 0 aliphatic heterocycles. The quantitative estimate of drug-likeness (QED) is 0.445. The molecule has 1 aromatic carbocycles. The summed E-state index contributed by atoms with van der Waals surface area (Å²) >= 11 is 0. The highest BCUT2D eigenvalue weighted by Crippen LogP contribution is 2.06. The van der Waals surface area contributed by atoms with Crippen LogP contribution in [-0.4, -0.2) is 31.4 Å². The first-order valence-electron chi connectivity index (χ1n) is 6.75. The van der Waals surface area contributed by atoms with Gasteiger partial charge in [0.15, 0.2) is 0 Å². The average molecular weight is 304 g/mol. The van der Waals surface area contributed by atoms with E-state index in [0.29, 0.717) is 5.56 Å². The molecule has 0 amide bonds. The average Bonchev–Trinajstić information content (AvgIpc) is 3.06. The van der Waals surface area contributed by atoms with Crippen molar-refractivity contribution in [1.82, 2.24) is 0 Å². The Morgan fingerprint density at radius 3 is 2.50 bits per heavy atom. The van der Waals surface area contributed by atoms with Gasteiger partial charge >= 0.3 is 11.9 Å². The number of furan rings is 1. The van der Waals surface area contributed by atoms with Crippen LogP contribution in [0.15, 0.2) is 53.1 Å². The van der Waals surface area contributed by atoms with Gasteiger partial charge in [0, 0.05) is 0 Å². The summed E-state index contributed by atoms with van der Waals surface area (Å²) in [6.07, 6.45) is 0.610. The van der Waals surface area contributed by atoms with Crippen LogP contribution in [0.25, 0.3) is 0 Å². The number of carbonyl (C=O) groups is 2. The van der Waals surface area contributed by atoms with E-state index in [4.69, 9.17) is 18.6 Å². The standard InChI is InChI=1S/C16H16O6/c1-12(22-16(18)14-8-5-9-20-14)19-10-11-21-15(17)13-6-3-2-4-7-13/h2-9,12H,10-11H2,1H3. The van der Waals surface area contributed by atoms with Crippen LogP contribution in [0.3, 0.4) is 0 Å². The van der Waals surface area contributed by atoms with Gasteiger partial charge in [-0.1, -0.05) is 18.2 Å². The highest BCUT2D eigenvalue weighted by atomic mass is 16.7. The molecule has 0 radical (unpaired) electrons. The predicted octanol–water partition coefficient (Wildman–Crippen LogP) is 2.66. The fraction of sp³-hybridized carbons (Fsp3) is 0.250. The lowest BCUT2D eigenvalue weighted by molar-refractivity contribution is -0.107. The van der Waals surface area contributed by atoms with Gasteiger partial charge in [-0.25, -0.2) is 9.59 Å². The molecular formula is C16H16O6. The molecule has 0 fully saturated rings. The highest BCUT2D eigenvalue weighted by molar-refractivity contribution is 5.89. The maximum Gasteiger partial charge on any atom is 0.376 e. The Kier molecular flexibility index (Phi) is 5.73. The summed E-state index contributed by atoms with van der Waals surface area (Å²) < 4.78 is 20.2. The van der Waals surface area contributed by atoms with Crippen molar-refractivity contribution in [2.45, 2.75) is 13.2 Å². The van der Waals surface area contributed by atoms with Crippen molar-refractivity contribution in [3.05, 3.63) is 60.1 Å². The van der Waals surface area contributed by atoms with E-state index in [2.05, 4.69) is 0 Å². The van der Waals surface area contributed by atoms with Crippen LogP contribution in [0.1, 0.15) is 27.8 Å². The zero-order chi connectivity index (χ0) is 15.8. The van der Waals surface area contributed by atoms with Gasteiger partial charge in [0.2, 0.25) is 12.1 Å². The van der Waals surface area contributed by atoms with Crippen molar-refractivity contribution in [2.75, 3.05) is 13.2 Å². The lowest BCUT2D eigenvalue weighted by Gasteiger charge is -2.13. The van der Waals surface area contributed by atoms with Crippen LogP contribution in [0.4, 0.5) is 0 Å². The molecule has 2 aromatic rings. The molecule has 0 aliphatic carbocycles. The molecule has 1 aromatic heterocycles. The van der Waals surface area contributed by atoms with E-state index >= 15 is 0 Å². The Bertz CT molecular complexity index is 590. The van der Waals surface area contributed by atoms with E-state index in [0.717, 1.165) is 0 Å². The minimum Gasteiger partial charge on any atom is -0.460 e. The largest absolute Gasteiger partial charge is 0.460 e. The monoisotopic (exact) mass is 304 g/mol. The molecular weight excluding hydrogens is 288 g/mol. The lowest BCUT2D eigenvalue weighted by atomic mass is 10.2. The zero-order valence-corrected chi connectivity index (χ0v) is 12.1. The molecule has 22 heavy (non-hydrogen) atoms. The Labute approximate surface area is 127 Å². The molecule has 0 aliphatic rings. The van der Waals surface area contributed by atoms with Gasteiger partial charge in [-0.05, 0) is 31.2 Å².